The molecule has 4 aliphatic carbocycles. The van der Waals surface area contributed by atoms with Crippen molar-refractivity contribution in [3.8, 4) is 11.1 Å². The molecule has 0 saturated carbocycles. The van der Waals surface area contributed by atoms with Gasteiger partial charge in [0, 0.05) is 39.3 Å². The molecule has 0 saturated heterocycles. The summed E-state index contributed by atoms with van der Waals surface area (Å²) in [4.78, 5) is 5.15. The molecule has 5 aromatic rings. The first-order valence-corrected chi connectivity index (χ1v) is 21.3. The molecule has 0 spiro atoms. The van der Waals surface area contributed by atoms with Crippen LogP contribution in [0.4, 0.5) is 22.7 Å². The van der Waals surface area contributed by atoms with Crippen LogP contribution in [-0.4, -0.2) is 6.04 Å². The van der Waals surface area contributed by atoms with Crippen molar-refractivity contribution in [2.45, 2.75) is 113 Å². The zero-order chi connectivity index (χ0) is 40.3. The molecule has 5 aromatic carbocycles. The lowest BCUT2D eigenvalue weighted by atomic mass is 9.68. The maximum atomic E-state index is 2.59. The molecule has 0 aliphatic heterocycles. The Bertz CT molecular complexity index is 2610. The van der Waals surface area contributed by atoms with Gasteiger partial charge in [0.05, 0.1) is 6.04 Å². The van der Waals surface area contributed by atoms with E-state index < -0.39 is 0 Å². The highest BCUT2D eigenvalue weighted by Gasteiger charge is 2.46. The molecule has 0 amide bonds. The third kappa shape index (κ3) is 5.80. The van der Waals surface area contributed by atoms with Gasteiger partial charge in [-0.1, -0.05) is 133 Å². The lowest BCUT2D eigenvalue weighted by Gasteiger charge is -2.39. The summed E-state index contributed by atoms with van der Waals surface area (Å²) in [6.07, 6.45) is 14.0. The summed E-state index contributed by atoms with van der Waals surface area (Å²) in [6.45, 7) is 28.2. The van der Waals surface area contributed by atoms with Crippen LogP contribution >= 0.6 is 0 Å². The van der Waals surface area contributed by atoms with Crippen molar-refractivity contribution in [1.82, 2.24) is 0 Å². The van der Waals surface area contributed by atoms with Crippen LogP contribution in [0, 0.1) is 32.1 Å². The minimum absolute atomic E-state index is 0.124. The Hall–Kier alpha value is -5.08. The molecule has 0 aromatic heterocycles. The fraction of sp³-hybridized carbons (Fsp3) is 0.345. The average molecular weight is 749 g/mol. The molecule has 0 heterocycles. The van der Waals surface area contributed by atoms with E-state index in [0.717, 1.165) is 12.8 Å². The number of rotatable bonds is 6. The van der Waals surface area contributed by atoms with Gasteiger partial charge in [0.1, 0.15) is 0 Å². The molecule has 0 radical (unpaired) electrons. The second kappa shape index (κ2) is 13.0. The van der Waals surface area contributed by atoms with E-state index in [2.05, 4.69) is 202 Å². The topological polar surface area (TPSA) is 6.48 Å². The molecule has 57 heavy (non-hydrogen) atoms. The van der Waals surface area contributed by atoms with E-state index in [1.807, 2.05) is 0 Å². The molecule has 0 N–H and O–H groups in total. The van der Waals surface area contributed by atoms with Gasteiger partial charge >= 0.3 is 0 Å². The molecule has 2 heteroatoms. The van der Waals surface area contributed by atoms with Gasteiger partial charge in [-0.3, -0.25) is 0 Å². The molecular weight excluding hydrogens is 689 g/mol. The number of nitrogens with zero attached hydrogens (tertiary/aromatic N) is 2. The van der Waals surface area contributed by atoms with Crippen molar-refractivity contribution in [2.24, 2.45) is 11.3 Å². The van der Waals surface area contributed by atoms with Gasteiger partial charge in [-0.05, 0) is 156 Å². The predicted octanol–water partition coefficient (Wildman–Crippen LogP) is 15.2. The number of allylic oxidation sites excluding steroid dienone is 6. The first-order valence-electron chi connectivity index (χ1n) is 21.3. The first-order chi connectivity index (χ1) is 27.0. The Morgan fingerprint density at radius 2 is 1.32 bits per heavy atom. The Labute approximate surface area is 342 Å². The fourth-order valence-corrected chi connectivity index (χ4v) is 10.8. The third-order valence-electron chi connectivity index (χ3n) is 14.0. The van der Waals surface area contributed by atoms with Crippen molar-refractivity contribution < 1.29 is 0 Å². The van der Waals surface area contributed by atoms with E-state index in [-0.39, 0.29) is 22.3 Å². The summed E-state index contributed by atoms with van der Waals surface area (Å²) in [7, 11) is 0. The summed E-state index contributed by atoms with van der Waals surface area (Å²) in [6, 6.07) is 31.2. The van der Waals surface area contributed by atoms with Crippen LogP contribution in [0.15, 0.2) is 126 Å². The molecule has 2 unspecified atom stereocenters. The molecule has 2 nitrogen and oxygen atoms in total. The molecule has 0 bridgehead atoms. The smallest absolute Gasteiger partial charge is 0.0585 e. The highest BCUT2D eigenvalue weighted by Crippen LogP contribution is 2.61. The van der Waals surface area contributed by atoms with Crippen molar-refractivity contribution in [3.63, 3.8) is 0 Å². The third-order valence-corrected chi connectivity index (χ3v) is 14.0. The monoisotopic (exact) mass is 748 g/mol. The second-order valence-electron chi connectivity index (χ2n) is 19.7. The van der Waals surface area contributed by atoms with Crippen LogP contribution < -0.4 is 9.80 Å². The number of benzene rings is 5. The highest BCUT2D eigenvalue weighted by atomic mass is 15.2. The standard InChI is InChI=1S/C55H60N2/c1-33-16-26-48(36(4)28-33)57(49-27-17-34(2)29-37(49)5)41-24-22-40(23-25-41)56(39-20-18-38(19-21-39)53(6,7)8)42-31-46-51-47(32-42)55(11,12)45-30-35(3)43-14-13-15-44(54(46,9)10)50(43)52(45)51/h13-18,20,22-32,36,48H,19,21H2,1-12H3. The number of hydrogen-bond donors (Lipinski definition) is 0. The Morgan fingerprint density at radius 1 is 0.649 bits per heavy atom. The number of aryl methyl sites for hydroxylation is 3. The minimum atomic E-state index is -0.155. The normalized spacial score (nSPS) is 20.0. The summed E-state index contributed by atoms with van der Waals surface area (Å²) in [5, 5.41) is 2.86. The number of hydrogen-bond acceptors (Lipinski definition) is 2. The summed E-state index contributed by atoms with van der Waals surface area (Å²) < 4.78 is 0. The van der Waals surface area contributed by atoms with Gasteiger partial charge in [-0.25, -0.2) is 0 Å². The Kier molecular flexibility index (Phi) is 8.53. The summed E-state index contributed by atoms with van der Waals surface area (Å²) >= 11 is 0. The number of anilines is 4. The van der Waals surface area contributed by atoms with E-state index in [9.17, 15) is 0 Å². The largest absolute Gasteiger partial charge is 0.334 e. The average Bonchev–Trinajstić information content (AvgIpc) is 3.38. The van der Waals surface area contributed by atoms with E-state index in [0.29, 0.717) is 5.92 Å². The van der Waals surface area contributed by atoms with E-state index in [1.165, 1.54) is 100 Å². The van der Waals surface area contributed by atoms with Gasteiger partial charge in [-0.15, -0.1) is 0 Å². The summed E-state index contributed by atoms with van der Waals surface area (Å²) in [5.74, 6) is 0.373. The van der Waals surface area contributed by atoms with Crippen LogP contribution in [0.1, 0.15) is 114 Å². The second-order valence-corrected chi connectivity index (χ2v) is 19.7. The lowest BCUT2D eigenvalue weighted by molar-refractivity contribution is 0.479. The van der Waals surface area contributed by atoms with E-state index >= 15 is 0 Å². The maximum absolute atomic E-state index is 2.59. The van der Waals surface area contributed by atoms with Crippen LogP contribution in [0.25, 0.3) is 21.9 Å². The van der Waals surface area contributed by atoms with Crippen molar-refractivity contribution in [2.75, 3.05) is 9.80 Å². The first kappa shape index (κ1) is 37.5. The van der Waals surface area contributed by atoms with Crippen LogP contribution in [0.2, 0.25) is 0 Å². The quantitative estimate of drug-likeness (QED) is 0.171. The van der Waals surface area contributed by atoms with E-state index in [1.54, 1.807) is 0 Å². The van der Waals surface area contributed by atoms with Crippen molar-refractivity contribution in [3.05, 3.63) is 165 Å². The molecule has 290 valence electrons. The Morgan fingerprint density at radius 3 is 1.95 bits per heavy atom. The molecule has 2 atom stereocenters. The minimum Gasteiger partial charge on any atom is -0.334 e. The molecule has 9 rings (SSSR count). The molecule has 0 fully saturated rings. The van der Waals surface area contributed by atoms with Crippen LogP contribution in [-0.2, 0) is 10.8 Å². The van der Waals surface area contributed by atoms with E-state index in [4.69, 9.17) is 0 Å². The van der Waals surface area contributed by atoms with Gasteiger partial charge in [0.25, 0.3) is 0 Å². The maximum Gasteiger partial charge on any atom is 0.0585 e. The Balaban J connectivity index is 1.23. The zero-order valence-electron chi connectivity index (χ0n) is 36.4. The predicted molar refractivity (Wildman–Crippen MR) is 246 cm³/mol. The van der Waals surface area contributed by atoms with Crippen molar-refractivity contribution >= 4 is 33.5 Å². The highest BCUT2D eigenvalue weighted by molar-refractivity contribution is 6.09. The zero-order valence-corrected chi connectivity index (χ0v) is 36.4. The van der Waals surface area contributed by atoms with Gasteiger partial charge in [0.15, 0.2) is 0 Å². The molecule has 4 aliphatic rings. The summed E-state index contributed by atoms with van der Waals surface area (Å²) in [5.41, 5.74) is 21.7. The van der Waals surface area contributed by atoms with Gasteiger partial charge in [-0.2, -0.15) is 0 Å². The fourth-order valence-electron chi connectivity index (χ4n) is 10.8. The molecular formula is C55H60N2. The van der Waals surface area contributed by atoms with Crippen molar-refractivity contribution in [1.29, 1.82) is 0 Å². The van der Waals surface area contributed by atoms with Crippen LogP contribution in [0.5, 0.6) is 0 Å². The van der Waals surface area contributed by atoms with Gasteiger partial charge < -0.3 is 9.80 Å². The lowest BCUT2D eigenvalue weighted by Crippen LogP contribution is -2.36. The van der Waals surface area contributed by atoms with Crippen LogP contribution in [0.3, 0.4) is 0 Å². The van der Waals surface area contributed by atoms with Gasteiger partial charge in [0.2, 0.25) is 0 Å². The SMILES string of the molecule is CC1=CC(C)C(N(c2ccc(N(C3=CC=C(C(C)(C)C)CC3)c3cc4c5c(c3)C(C)(C)c3cccc6c(C)cc(c-5c36)C4(C)C)cc2)c2ccc(C)cc2C)C=C1.